The van der Waals surface area contributed by atoms with Crippen molar-refractivity contribution in [1.29, 1.82) is 0 Å². The van der Waals surface area contributed by atoms with Gasteiger partial charge in [-0.1, -0.05) is 18.2 Å². The van der Waals surface area contributed by atoms with E-state index < -0.39 is 0 Å². The Hall–Kier alpha value is -1.16. The molecule has 0 spiro atoms. The van der Waals surface area contributed by atoms with E-state index in [-0.39, 0.29) is 12.2 Å². The van der Waals surface area contributed by atoms with E-state index in [1.54, 1.807) is 0 Å². The van der Waals surface area contributed by atoms with Crippen LogP contribution in [0.4, 0.5) is 10.5 Å². The molecule has 1 heterocycles. The van der Waals surface area contributed by atoms with Gasteiger partial charge in [-0.15, -0.1) is 0 Å². The summed E-state index contributed by atoms with van der Waals surface area (Å²) in [7, 11) is 0. The standard InChI is InChI=1S/C11H13NO2S/c13-11(14-10-6-7-15-8-10)12-9-4-2-1-3-5-9/h1-5,10H,6-8H2,(H,12,13)/t10-/m1/s1. The Morgan fingerprint density at radius 1 is 1.40 bits per heavy atom. The monoisotopic (exact) mass is 223 g/mol. The second-order valence-electron chi connectivity index (χ2n) is 3.38. The highest BCUT2D eigenvalue weighted by Gasteiger charge is 2.19. The van der Waals surface area contributed by atoms with E-state index in [0.29, 0.717) is 0 Å². The lowest BCUT2D eigenvalue weighted by Crippen LogP contribution is -2.21. The van der Waals surface area contributed by atoms with Crippen LogP contribution in [0.5, 0.6) is 0 Å². The fraction of sp³-hybridized carbons (Fsp3) is 0.364. The molecule has 3 nitrogen and oxygen atoms in total. The van der Waals surface area contributed by atoms with Gasteiger partial charge in [-0.3, -0.25) is 5.32 Å². The molecule has 4 heteroatoms. The van der Waals surface area contributed by atoms with Gasteiger partial charge in [0.2, 0.25) is 0 Å². The largest absolute Gasteiger partial charge is 0.445 e. The number of anilines is 1. The number of thioether (sulfide) groups is 1. The Morgan fingerprint density at radius 3 is 2.87 bits per heavy atom. The number of benzene rings is 1. The van der Waals surface area contributed by atoms with Crippen molar-refractivity contribution in [3.8, 4) is 0 Å². The van der Waals surface area contributed by atoms with Gasteiger partial charge in [-0.05, 0) is 24.3 Å². The Bertz CT molecular complexity index is 323. The van der Waals surface area contributed by atoms with E-state index in [2.05, 4.69) is 5.32 Å². The molecule has 1 N–H and O–H groups in total. The predicted molar refractivity (Wildman–Crippen MR) is 62.3 cm³/mol. The van der Waals surface area contributed by atoms with Crippen molar-refractivity contribution in [2.75, 3.05) is 16.8 Å². The minimum atomic E-state index is -0.353. The fourth-order valence-electron chi connectivity index (χ4n) is 1.43. The average Bonchev–Trinajstić information content (AvgIpc) is 2.71. The Morgan fingerprint density at radius 2 is 2.20 bits per heavy atom. The summed E-state index contributed by atoms with van der Waals surface area (Å²) in [6, 6.07) is 9.33. The SMILES string of the molecule is O=C(Nc1ccccc1)O[C@@H]1CCSC1. The molecular formula is C11H13NO2S. The summed E-state index contributed by atoms with van der Waals surface area (Å²) in [5.74, 6) is 2.01. The number of rotatable bonds is 2. The highest BCUT2D eigenvalue weighted by molar-refractivity contribution is 7.99. The number of hydrogen-bond acceptors (Lipinski definition) is 3. The van der Waals surface area contributed by atoms with E-state index in [1.807, 2.05) is 42.1 Å². The topological polar surface area (TPSA) is 38.3 Å². The van der Waals surface area contributed by atoms with Crippen molar-refractivity contribution < 1.29 is 9.53 Å². The van der Waals surface area contributed by atoms with Crippen molar-refractivity contribution in [2.45, 2.75) is 12.5 Å². The maximum atomic E-state index is 11.4. The molecule has 0 bridgehead atoms. The molecular weight excluding hydrogens is 210 g/mol. The first-order valence-electron chi connectivity index (χ1n) is 4.95. The quantitative estimate of drug-likeness (QED) is 0.837. The fourth-order valence-corrected chi connectivity index (χ4v) is 2.52. The zero-order valence-electron chi connectivity index (χ0n) is 8.31. The maximum absolute atomic E-state index is 11.4. The summed E-state index contributed by atoms with van der Waals surface area (Å²) in [5.41, 5.74) is 0.771. The first-order valence-corrected chi connectivity index (χ1v) is 6.10. The van der Waals surface area contributed by atoms with Crippen molar-refractivity contribution in [1.82, 2.24) is 0 Å². The molecule has 0 radical (unpaired) electrons. The van der Waals surface area contributed by atoms with Crippen LogP contribution in [0, 0.1) is 0 Å². The Balaban J connectivity index is 1.82. The minimum absolute atomic E-state index is 0.0821. The summed E-state index contributed by atoms with van der Waals surface area (Å²) < 4.78 is 5.24. The summed E-state index contributed by atoms with van der Waals surface area (Å²) in [5, 5.41) is 2.70. The molecule has 15 heavy (non-hydrogen) atoms. The van der Waals surface area contributed by atoms with E-state index in [9.17, 15) is 4.79 Å². The van der Waals surface area contributed by atoms with Gasteiger partial charge in [0, 0.05) is 11.4 Å². The molecule has 1 aromatic rings. The molecule has 1 amide bonds. The molecule has 0 aliphatic carbocycles. The van der Waals surface area contributed by atoms with Crippen molar-refractivity contribution >= 4 is 23.5 Å². The minimum Gasteiger partial charge on any atom is -0.445 e. The van der Waals surface area contributed by atoms with Crippen LogP contribution in [0.15, 0.2) is 30.3 Å². The summed E-state index contributed by atoms with van der Waals surface area (Å²) in [4.78, 5) is 11.4. The summed E-state index contributed by atoms with van der Waals surface area (Å²) in [6.07, 6.45) is 0.694. The maximum Gasteiger partial charge on any atom is 0.411 e. The molecule has 80 valence electrons. The van der Waals surface area contributed by atoms with Crippen LogP contribution in [-0.4, -0.2) is 23.7 Å². The van der Waals surface area contributed by atoms with Gasteiger partial charge in [0.15, 0.2) is 0 Å². The lowest BCUT2D eigenvalue weighted by molar-refractivity contribution is 0.124. The number of carbonyl (C=O) groups excluding carboxylic acids is 1. The van der Waals surface area contributed by atoms with Gasteiger partial charge in [0.05, 0.1) is 0 Å². The van der Waals surface area contributed by atoms with Crippen LogP contribution >= 0.6 is 11.8 Å². The zero-order chi connectivity index (χ0) is 10.5. The van der Waals surface area contributed by atoms with Crippen LogP contribution in [0.3, 0.4) is 0 Å². The summed E-state index contributed by atoms with van der Waals surface area (Å²) in [6.45, 7) is 0. The number of ether oxygens (including phenoxy) is 1. The van der Waals surface area contributed by atoms with E-state index in [4.69, 9.17) is 4.74 Å². The van der Waals surface area contributed by atoms with Crippen LogP contribution in [0.1, 0.15) is 6.42 Å². The van der Waals surface area contributed by atoms with Gasteiger partial charge >= 0.3 is 6.09 Å². The third-order valence-corrected chi connectivity index (χ3v) is 3.31. The van der Waals surface area contributed by atoms with E-state index >= 15 is 0 Å². The number of para-hydroxylation sites is 1. The smallest absolute Gasteiger partial charge is 0.411 e. The van der Waals surface area contributed by atoms with Crippen molar-refractivity contribution in [3.63, 3.8) is 0 Å². The second-order valence-corrected chi connectivity index (χ2v) is 4.53. The highest BCUT2D eigenvalue weighted by atomic mass is 32.2. The van der Waals surface area contributed by atoms with Crippen molar-refractivity contribution in [3.05, 3.63) is 30.3 Å². The molecule has 1 aromatic carbocycles. The number of carbonyl (C=O) groups is 1. The first kappa shape index (κ1) is 10.4. The highest BCUT2D eigenvalue weighted by Crippen LogP contribution is 2.20. The molecule has 0 saturated carbocycles. The lowest BCUT2D eigenvalue weighted by Gasteiger charge is -2.11. The average molecular weight is 223 g/mol. The van der Waals surface area contributed by atoms with Crippen LogP contribution in [-0.2, 0) is 4.74 Å². The second kappa shape index (κ2) is 5.07. The Kier molecular flexibility index (Phi) is 3.50. The van der Waals surface area contributed by atoms with Crippen LogP contribution in [0.2, 0.25) is 0 Å². The third kappa shape index (κ3) is 3.16. The molecule has 1 aliphatic rings. The Labute approximate surface area is 93.2 Å². The molecule has 1 fully saturated rings. The molecule has 2 rings (SSSR count). The van der Waals surface area contributed by atoms with Gasteiger partial charge in [-0.2, -0.15) is 11.8 Å². The summed E-state index contributed by atoms with van der Waals surface area (Å²) >= 11 is 1.83. The van der Waals surface area contributed by atoms with E-state index in [1.165, 1.54) is 0 Å². The zero-order valence-corrected chi connectivity index (χ0v) is 9.13. The molecule has 1 atom stereocenters. The predicted octanol–water partition coefficient (Wildman–Crippen LogP) is 2.74. The van der Waals surface area contributed by atoms with Crippen molar-refractivity contribution in [2.24, 2.45) is 0 Å². The first-order chi connectivity index (χ1) is 7.34. The number of amides is 1. The van der Waals surface area contributed by atoms with Crippen LogP contribution < -0.4 is 5.32 Å². The normalized spacial score (nSPS) is 19.9. The third-order valence-electron chi connectivity index (χ3n) is 2.18. The number of hydrogen-bond donors (Lipinski definition) is 1. The lowest BCUT2D eigenvalue weighted by atomic mass is 10.3. The number of nitrogens with one attached hydrogen (secondary N) is 1. The van der Waals surface area contributed by atoms with Gasteiger partial charge in [-0.25, -0.2) is 4.79 Å². The van der Waals surface area contributed by atoms with Gasteiger partial charge in [0.1, 0.15) is 6.10 Å². The van der Waals surface area contributed by atoms with Crippen LogP contribution in [0.25, 0.3) is 0 Å². The molecule has 0 aromatic heterocycles. The molecule has 0 unspecified atom stereocenters. The molecule has 1 saturated heterocycles. The van der Waals surface area contributed by atoms with Gasteiger partial charge < -0.3 is 4.74 Å². The van der Waals surface area contributed by atoms with E-state index in [0.717, 1.165) is 23.6 Å². The van der Waals surface area contributed by atoms with Gasteiger partial charge in [0.25, 0.3) is 0 Å². The molecule has 1 aliphatic heterocycles.